The normalized spacial score (nSPS) is 10.2. The highest BCUT2D eigenvalue weighted by atomic mass is 16.4. The molecule has 0 heterocycles. The molecule has 0 atom stereocenters. The minimum Gasteiger partial charge on any atom is -0.481 e. The monoisotopic (exact) mass is 231 g/mol. The lowest BCUT2D eigenvalue weighted by Gasteiger charge is -2.19. The van der Waals surface area contributed by atoms with Crippen LogP contribution in [0, 0.1) is 11.8 Å². The maximum atomic E-state index is 11.0. The maximum absolute atomic E-state index is 11.0. The lowest BCUT2D eigenvalue weighted by molar-refractivity contribution is -0.142. The SMILES string of the molecule is CC(C)(C(=O)O)c1ccc(C#CC(N)=O)cc1. The fourth-order valence-corrected chi connectivity index (χ4v) is 1.23. The number of nitrogens with two attached hydrogens (primary N) is 1. The van der Waals surface area contributed by atoms with E-state index in [-0.39, 0.29) is 0 Å². The van der Waals surface area contributed by atoms with Crippen LogP contribution in [0.4, 0.5) is 0 Å². The smallest absolute Gasteiger partial charge is 0.313 e. The molecule has 0 aliphatic rings. The number of carboxylic acid groups (broad SMARTS) is 1. The molecular weight excluding hydrogens is 218 g/mol. The van der Waals surface area contributed by atoms with E-state index in [1.165, 1.54) is 0 Å². The van der Waals surface area contributed by atoms with Crippen LogP contribution < -0.4 is 5.73 Å². The summed E-state index contributed by atoms with van der Waals surface area (Å²) in [6, 6.07) is 6.68. The molecule has 0 saturated heterocycles. The molecule has 0 saturated carbocycles. The topological polar surface area (TPSA) is 80.4 Å². The summed E-state index contributed by atoms with van der Waals surface area (Å²) in [7, 11) is 0. The van der Waals surface area contributed by atoms with Crippen molar-refractivity contribution in [2.45, 2.75) is 19.3 Å². The first kappa shape index (κ1) is 12.8. The second-order valence-electron chi connectivity index (χ2n) is 4.12. The van der Waals surface area contributed by atoms with Gasteiger partial charge >= 0.3 is 5.97 Å². The second kappa shape index (κ2) is 4.71. The van der Waals surface area contributed by atoms with Gasteiger partial charge in [-0.15, -0.1) is 0 Å². The second-order valence-corrected chi connectivity index (χ2v) is 4.12. The van der Waals surface area contributed by atoms with E-state index in [0.29, 0.717) is 11.1 Å². The third-order valence-corrected chi connectivity index (χ3v) is 2.47. The Kier molecular flexibility index (Phi) is 3.54. The van der Waals surface area contributed by atoms with Crippen molar-refractivity contribution in [2.75, 3.05) is 0 Å². The Hall–Kier alpha value is -2.28. The summed E-state index contributed by atoms with van der Waals surface area (Å²) in [5, 5.41) is 9.05. The van der Waals surface area contributed by atoms with Crippen molar-refractivity contribution in [3.05, 3.63) is 35.4 Å². The van der Waals surface area contributed by atoms with Crippen molar-refractivity contribution in [3.8, 4) is 11.8 Å². The largest absolute Gasteiger partial charge is 0.481 e. The zero-order valence-electron chi connectivity index (χ0n) is 9.65. The van der Waals surface area contributed by atoms with E-state index < -0.39 is 17.3 Å². The van der Waals surface area contributed by atoms with E-state index in [0.717, 1.165) is 0 Å². The number of rotatable bonds is 2. The molecule has 0 spiro atoms. The van der Waals surface area contributed by atoms with Crippen molar-refractivity contribution < 1.29 is 14.7 Å². The van der Waals surface area contributed by atoms with Gasteiger partial charge in [0.2, 0.25) is 0 Å². The number of primary amides is 1. The van der Waals surface area contributed by atoms with Crippen molar-refractivity contribution >= 4 is 11.9 Å². The van der Waals surface area contributed by atoms with Gasteiger partial charge < -0.3 is 10.8 Å². The molecule has 0 bridgehead atoms. The highest BCUT2D eigenvalue weighted by Crippen LogP contribution is 2.23. The minimum atomic E-state index is -0.949. The fraction of sp³-hybridized carbons (Fsp3) is 0.231. The number of carbonyl (C=O) groups is 2. The Morgan fingerprint density at radius 2 is 1.76 bits per heavy atom. The van der Waals surface area contributed by atoms with E-state index in [1.807, 2.05) is 0 Å². The molecule has 0 aliphatic carbocycles. The molecule has 0 unspecified atom stereocenters. The van der Waals surface area contributed by atoms with E-state index in [9.17, 15) is 9.59 Å². The highest BCUT2D eigenvalue weighted by molar-refractivity contribution is 5.92. The van der Waals surface area contributed by atoms with Crippen LogP contribution >= 0.6 is 0 Å². The van der Waals surface area contributed by atoms with Crippen molar-refractivity contribution in [1.82, 2.24) is 0 Å². The number of hydrogen-bond acceptors (Lipinski definition) is 2. The van der Waals surface area contributed by atoms with E-state index in [4.69, 9.17) is 10.8 Å². The molecule has 0 fully saturated rings. The summed E-state index contributed by atoms with van der Waals surface area (Å²) in [6.45, 7) is 3.25. The highest BCUT2D eigenvalue weighted by Gasteiger charge is 2.28. The molecule has 17 heavy (non-hydrogen) atoms. The van der Waals surface area contributed by atoms with Crippen LogP contribution in [0.5, 0.6) is 0 Å². The molecule has 3 N–H and O–H groups in total. The number of carbonyl (C=O) groups excluding carboxylic acids is 1. The van der Waals surface area contributed by atoms with Crippen LogP contribution in [-0.4, -0.2) is 17.0 Å². The first-order valence-corrected chi connectivity index (χ1v) is 4.99. The first-order chi connectivity index (χ1) is 7.84. The van der Waals surface area contributed by atoms with Crippen LogP contribution in [0.2, 0.25) is 0 Å². The predicted octanol–water partition coefficient (Wildman–Crippen LogP) is 0.886. The van der Waals surface area contributed by atoms with E-state index >= 15 is 0 Å². The Balaban J connectivity index is 3.01. The summed E-state index contributed by atoms with van der Waals surface area (Å²) in [4.78, 5) is 21.5. The maximum Gasteiger partial charge on any atom is 0.313 e. The van der Waals surface area contributed by atoms with Crippen molar-refractivity contribution in [2.24, 2.45) is 5.73 Å². The number of benzene rings is 1. The predicted molar refractivity (Wildman–Crippen MR) is 63.2 cm³/mol. The van der Waals surface area contributed by atoms with Gasteiger partial charge in [0, 0.05) is 5.56 Å². The van der Waals surface area contributed by atoms with Gasteiger partial charge in [0.1, 0.15) is 0 Å². The third kappa shape index (κ3) is 3.08. The molecule has 4 heteroatoms. The molecule has 0 aromatic heterocycles. The average Bonchev–Trinajstić information content (AvgIpc) is 2.26. The number of hydrogen-bond donors (Lipinski definition) is 2. The standard InChI is InChI=1S/C13H13NO3/c1-13(2,12(16)17)10-6-3-9(4-7-10)5-8-11(14)15/h3-4,6-7H,1-2H3,(H2,14,15)(H,16,17). The first-order valence-electron chi connectivity index (χ1n) is 4.99. The molecule has 0 aliphatic heterocycles. The summed E-state index contributed by atoms with van der Waals surface area (Å²) >= 11 is 0. The Labute approximate surface area is 99.4 Å². The van der Waals surface area contributed by atoms with Crippen LogP contribution in [0.15, 0.2) is 24.3 Å². The van der Waals surface area contributed by atoms with Gasteiger partial charge in [-0.25, -0.2) is 0 Å². The van der Waals surface area contributed by atoms with E-state index in [2.05, 4.69) is 11.8 Å². The van der Waals surface area contributed by atoms with Crippen LogP contribution in [-0.2, 0) is 15.0 Å². The number of carboxylic acids is 1. The molecule has 4 nitrogen and oxygen atoms in total. The van der Waals surface area contributed by atoms with Gasteiger partial charge in [0.15, 0.2) is 0 Å². The van der Waals surface area contributed by atoms with Crippen molar-refractivity contribution in [3.63, 3.8) is 0 Å². The van der Waals surface area contributed by atoms with E-state index in [1.54, 1.807) is 38.1 Å². The zero-order valence-corrected chi connectivity index (χ0v) is 9.65. The number of amides is 1. The molecule has 0 radical (unpaired) electrons. The summed E-state index contributed by atoms with van der Waals surface area (Å²) < 4.78 is 0. The van der Waals surface area contributed by atoms with Gasteiger partial charge in [-0.2, -0.15) is 0 Å². The lowest BCUT2D eigenvalue weighted by Crippen LogP contribution is -2.28. The Morgan fingerprint density at radius 3 is 2.18 bits per heavy atom. The van der Waals surface area contributed by atoms with Gasteiger partial charge in [-0.1, -0.05) is 18.1 Å². The molecule has 1 amide bonds. The van der Waals surface area contributed by atoms with Crippen molar-refractivity contribution in [1.29, 1.82) is 0 Å². The van der Waals surface area contributed by atoms with Crippen LogP contribution in [0.3, 0.4) is 0 Å². The summed E-state index contributed by atoms with van der Waals surface area (Å²) in [6.07, 6.45) is 0. The minimum absolute atomic E-state index is 0.619. The Bertz CT molecular complexity index is 504. The fourth-order valence-electron chi connectivity index (χ4n) is 1.23. The third-order valence-electron chi connectivity index (χ3n) is 2.47. The Morgan fingerprint density at radius 1 is 1.24 bits per heavy atom. The quantitative estimate of drug-likeness (QED) is 0.741. The average molecular weight is 231 g/mol. The van der Waals surface area contributed by atoms with Crippen LogP contribution in [0.25, 0.3) is 0 Å². The zero-order chi connectivity index (χ0) is 13.1. The molecule has 88 valence electrons. The van der Waals surface area contributed by atoms with Gasteiger partial charge in [-0.3, -0.25) is 9.59 Å². The van der Waals surface area contributed by atoms with Gasteiger partial charge in [-0.05, 0) is 37.5 Å². The molecule has 1 rings (SSSR count). The summed E-state index contributed by atoms with van der Waals surface area (Å²) in [5.74, 6) is 3.21. The molecular formula is C13H13NO3. The molecule has 1 aromatic carbocycles. The lowest BCUT2D eigenvalue weighted by atomic mass is 9.84. The number of aliphatic carboxylic acids is 1. The van der Waals surface area contributed by atoms with Crippen LogP contribution in [0.1, 0.15) is 25.0 Å². The summed E-state index contributed by atoms with van der Waals surface area (Å²) in [5.41, 5.74) is 5.23. The molecule has 1 aromatic rings. The van der Waals surface area contributed by atoms with Gasteiger partial charge in [0.05, 0.1) is 5.41 Å². The van der Waals surface area contributed by atoms with Gasteiger partial charge in [0.25, 0.3) is 5.91 Å².